The Morgan fingerprint density at radius 1 is 0.771 bits per heavy atom. The first kappa shape index (κ1) is 27.4. The first-order valence-corrected chi connectivity index (χ1v) is 12.4. The fourth-order valence-electron chi connectivity index (χ4n) is 3.86. The highest BCUT2D eigenvalue weighted by atomic mass is 32.3. The molecular formula is C18H11F11O4S2. The minimum atomic E-state index is -7.29. The van der Waals surface area contributed by atoms with E-state index < -0.39 is 111 Å². The first-order valence-electron chi connectivity index (χ1n) is 9.36. The van der Waals surface area contributed by atoms with E-state index in [2.05, 4.69) is 0 Å². The third-order valence-corrected chi connectivity index (χ3v) is 10.2. The summed E-state index contributed by atoms with van der Waals surface area (Å²) >= 11 is 0. The predicted molar refractivity (Wildman–Crippen MR) is 97.3 cm³/mol. The third kappa shape index (κ3) is 4.13. The van der Waals surface area contributed by atoms with Crippen LogP contribution in [0.4, 0.5) is 48.3 Å². The maximum Gasteiger partial charge on any atom is 0.502 e. The standard InChI is InChI=1S/C18H11F11O4S2/c19-5-2-1-3-6(4-5)34(30,31)17(35(32,33)18(27,28)29)9-10(20)7-8(11(21)14(9)24)13(23)16(26)15(25)12(7)22/h5-6,10H,1-4H2/b17-9-. The zero-order valence-corrected chi connectivity index (χ0v) is 18.3. The van der Waals surface area contributed by atoms with Gasteiger partial charge in [-0.15, -0.1) is 0 Å². The Bertz CT molecular complexity index is 1360. The monoisotopic (exact) mass is 564 g/mol. The average Bonchev–Trinajstić information content (AvgIpc) is 2.74. The number of rotatable bonds is 3. The number of sulfone groups is 2. The highest BCUT2D eigenvalue weighted by Crippen LogP contribution is 2.52. The lowest BCUT2D eigenvalue weighted by molar-refractivity contribution is -0.0425. The maximum absolute atomic E-state index is 15.2. The van der Waals surface area contributed by atoms with E-state index in [1.54, 1.807) is 0 Å². The van der Waals surface area contributed by atoms with Crippen LogP contribution in [0, 0.1) is 23.3 Å². The van der Waals surface area contributed by atoms with Gasteiger partial charge in [-0.2, -0.15) is 13.2 Å². The molecule has 0 saturated heterocycles. The van der Waals surface area contributed by atoms with Gasteiger partial charge in [-0.1, -0.05) is 0 Å². The van der Waals surface area contributed by atoms with Gasteiger partial charge in [0.05, 0.1) is 16.4 Å². The molecule has 1 saturated carbocycles. The Morgan fingerprint density at radius 3 is 1.83 bits per heavy atom. The van der Waals surface area contributed by atoms with Crippen molar-refractivity contribution in [3.63, 3.8) is 0 Å². The van der Waals surface area contributed by atoms with Crippen LogP contribution in [-0.2, 0) is 19.7 Å². The van der Waals surface area contributed by atoms with Gasteiger partial charge in [-0.3, -0.25) is 0 Å². The lowest BCUT2D eigenvalue weighted by Gasteiger charge is -2.29. The van der Waals surface area contributed by atoms with Crippen LogP contribution < -0.4 is 0 Å². The Labute approximate surface area is 189 Å². The molecule has 1 fully saturated rings. The van der Waals surface area contributed by atoms with Crippen LogP contribution in [0.2, 0.25) is 0 Å². The molecule has 0 heterocycles. The number of allylic oxidation sites excluding steroid dienone is 2. The van der Waals surface area contributed by atoms with Gasteiger partial charge >= 0.3 is 5.51 Å². The third-order valence-electron chi connectivity index (χ3n) is 5.49. The summed E-state index contributed by atoms with van der Waals surface area (Å²) in [7, 11) is -13.4. The van der Waals surface area contributed by atoms with Gasteiger partial charge in [-0.05, 0) is 25.7 Å². The number of alkyl halides is 5. The lowest BCUT2D eigenvalue weighted by atomic mass is 9.89. The Morgan fingerprint density at radius 2 is 1.31 bits per heavy atom. The quantitative estimate of drug-likeness (QED) is 0.268. The predicted octanol–water partition coefficient (Wildman–Crippen LogP) is 5.72. The molecule has 2 aliphatic carbocycles. The van der Waals surface area contributed by atoms with Crippen LogP contribution in [0.25, 0.3) is 5.83 Å². The zero-order valence-electron chi connectivity index (χ0n) is 16.7. The second kappa shape index (κ2) is 8.74. The summed E-state index contributed by atoms with van der Waals surface area (Å²) in [6, 6.07) is 0. The number of fused-ring (bicyclic) bond motifs is 1. The average molecular weight is 564 g/mol. The molecule has 0 radical (unpaired) electrons. The van der Waals surface area contributed by atoms with E-state index in [-0.39, 0.29) is 12.8 Å². The number of halogens is 11. The van der Waals surface area contributed by atoms with Crippen LogP contribution in [0.15, 0.2) is 15.6 Å². The maximum atomic E-state index is 15.2. The van der Waals surface area contributed by atoms with Crippen LogP contribution >= 0.6 is 0 Å². The molecule has 1 aromatic carbocycles. The highest BCUT2D eigenvalue weighted by molar-refractivity contribution is 8.15. The summed E-state index contributed by atoms with van der Waals surface area (Å²) in [5, 5.41) is -2.29. The molecule has 0 bridgehead atoms. The molecule has 3 atom stereocenters. The van der Waals surface area contributed by atoms with Gasteiger partial charge in [0.25, 0.3) is 9.84 Å². The van der Waals surface area contributed by atoms with Crippen molar-refractivity contribution in [2.24, 2.45) is 0 Å². The van der Waals surface area contributed by atoms with Crippen molar-refractivity contribution in [1.29, 1.82) is 0 Å². The molecule has 4 nitrogen and oxygen atoms in total. The SMILES string of the molecule is O=S(=O)(/C(=C1/C(F)=C(F)c2c(F)c(F)c(F)c(F)c2C1F)S(=O)(=O)C(F)(F)F)C1CCCC(F)C1. The minimum Gasteiger partial charge on any atom is -0.247 e. The fraction of sp³-hybridized carbons (Fsp3) is 0.444. The Hall–Kier alpha value is -2.17. The summed E-state index contributed by atoms with van der Waals surface area (Å²) in [4.78, 5) is 0. The molecule has 0 aliphatic heterocycles. The summed E-state index contributed by atoms with van der Waals surface area (Å²) in [5.74, 6) is -17.0. The van der Waals surface area contributed by atoms with Crippen molar-refractivity contribution in [3.05, 3.63) is 50.0 Å². The molecule has 196 valence electrons. The van der Waals surface area contributed by atoms with E-state index in [4.69, 9.17) is 0 Å². The molecular weight excluding hydrogens is 553 g/mol. The van der Waals surface area contributed by atoms with Gasteiger partial charge in [0.15, 0.2) is 55.2 Å². The van der Waals surface area contributed by atoms with E-state index in [9.17, 15) is 60.7 Å². The van der Waals surface area contributed by atoms with Crippen molar-refractivity contribution in [2.45, 2.75) is 48.8 Å². The molecule has 0 N–H and O–H groups in total. The molecule has 35 heavy (non-hydrogen) atoms. The van der Waals surface area contributed by atoms with E-state index in [0.29, 0.717) is 0 Å². The second-order valence-corrected chi connectivity index (χ2v) is 11.9. The van der Waals surface area contributed by atoms with E-state index >= 15 is 4.39 Å². The van der Waals surface area contributed by atoms with Crippen LogP contribution in [0.5, 0.6) is 0 Å². The van der Waals surface area contributed by atoms with E-state index in [1.807, 2.05) is 0 Å². The van der Waals surface area contributed by atoms with E-state index in [0.717, 1.165) is 0 Å². The summed E-state index contributed by atoms with van der Waals surface area (Å²) in [6.07, 6.45) is -8.40. The molecule has 1 aromatic rings. The second-order valence-electron chi connectivity index (χ2n) is 7.62. The van der Waals surface area contributed by atoms with E-state index in [1.165, 1.54) is 0 Å². The van der Waals surface area contributed by atoms with Crippen molar-refractivity contribution in [3.8, 4) is 0 Å². The van der Waals surface area contributed by atoms with Crippen LogP contribution in [-0.4, -0.2) is 33.8 Å². The number of hydrogen-bond acceptors (Lipinski definition) is 4. The molecule has 2 aliphatic rings. The first-order chi connectivity index (χ1) is 15.9. The van der Waals surface area contributed by atoms with Crippen molar-refractivity contribution in [2.75, 3.05) is 0 Å². The lowest BCUT2D eigenvalue weighted by Crippen LogP contribution is -2.37. The Kier molecular flexibility index (Phi) is 6.85. The summed E-state index contributed by atoms with van der Waals surface area (Å²) < 4.78 is 201. The minimum absolute atomic E-state index is 0.277. The smallest absolute Gasteiger partial charge is 0.247 e. The Balaban J connectivity index is 2.51. The largest absolute Gasteiger partial charge is 0.502 e. The normalized spacial score (nSPS) is 25.5. The van der Waals surface area contributed by atoms with Crippen molar-refractivity contribution in [1.82, 2.24) is 0 Å². The fourth-order valence-corrected chi connectivity index (χ4v) is 8.20. The number of hydrogen-bond donors (Lipinski definition) is 0. The molecule has 17 heteroatoms. The summed E-state index contributed by atoms with van der Waals surface area (Å²) in [6.45, 7) is 0. The van der Waals surface area contributed by atoms with Crippen molar-refractivity contribution >= 4 is 25.5 Å². The number of benzene rings is 1. The van der Waals surface area contributed by atoms with Crippen LogP contribution in [0.1, 0.15) is 43.0 Å². The van der Waals surface area contributed by atoms with Crippen LogP contribution in [0.3, 0.4) is 0 Å². The molecule has 3 unspecified atom stereocenters. The molecule has 0 aromatic heterocycles. The highest BCUT2D eigenvalue weighted by Gasteiger charge is 2.57. The molecule has 0 spiro atoms. The summed E-state index contributed by atoms with van der Waals surface area (Å²) in [5.41, 5.74) is -13.9. The van der Waals surface area contributed by atoms with Gasteiger partial charge in [0.2, 0.25) is 0 Å². The van der Waals surface area contributed by atoms with Gasteiger partial charge in [0, 0.05) is 5.56 Å². The van der Waals surface area contributed by atoms with Gasteiger partial charge < -0.3 is 0 Å². The topological polar surface area (TPSA) is 68.3 Å². The molecule has 3 rings (SSSR count). The van der Waals surface area contributed by atoms with Gasteiger partial charge in [-0.25, -0.2) is 52.0 Å². The van der Waals surface area contributed by atoms with Gasteiger partial charge in [0.1, 0.15) is 6.17 Å². The molecule has 0 amide bonds. The van der Waals surface area contributed by atoms with Crippen molar-refractivity contribution < 1.29 is 65.1 Å². The zero-order chi connectivity index (χ0) is 26.8.